The number of amides is 2. The smallest absolute Gasteiger partial charge is 0.254 e. The molecule has 0 unspecified atom stereocenters. The van der Waals surface area contributed by atoms with Crippen molar-refractivity contribution < 1.29 is 22.8 Å². The van der Waals surface area contributed by atoms with Gasteiger partial charge >= 0.3 is 0 Å². The third kappa shape index (κ3) is 4.57. The lowest BCUT2D eigenvalue weighted by Gasteiger charge is -2.08. The van der Waals surface area contributed by atoms with Gasteiger partial charge in [0.2, 0.25) is 0 Å². The molecule has 2 aromatic carbocycles. The van der Waals surface area contributed by atoms with Crippen molar-refractivity contribution in [2.45, 2.75) is 0 Å². The van der Waals surface area contributed by atoms with Gasteiger partial charge in [-0.2, -0.15) is 0 Å². The summed E-state index contributed by atoms with van der Waals surface area (Å²) in [5.41, 5.74) is -0.135. The lowest BCUT2D eigenvalue weighted by Crippen LogP contribution is -2.35. The predicted octanol–water partition coefficient (Wildman–Crippen LogP) is 2.26. The van der Waals surface area contributed by atoms with Gasteiger partial charge < -0.3 is 10.6 Å². The first-order valence-corrected chi connectivity index (χ1v) is 6.74. The molecular formula is C16H13F3N2O2. The van der Waals surface area contributed by atoms with Gasteiger partial charge in [-0.05, 0) is 30.3 Å². The van der Waals surface area contributed by atoms with Crippen molar-refractivity contribution in [3.8, 4) is 0 Å². The predicted molar refractivity (Wildman–Crippen MR) is 77.4 cm³/mol. The summed E-state index contributed by atoms with van der Waals surface area (Å²) in [6.07, 6.45) is 0. The number of carbonyl (C=O) groups is 2. The zero-order valence-electron chi connectivity index (χ0n) is 11.9. The largest absolute Gasteiger partial charge is 0.350 e. The summed E-state index contributed by atoms with van der Waals surface area (Å²) in [5, 5.41) is 4.87. The van der Waals surface area contributed by atoms with Crippen molar-refractivity contribution in [1.82, 2.24) is 10.6 Å². The van der Waals surface area contributed by atoms with Crippen LogP contribution in [-0.4, -0.2) is 24.9 Å². The van der Waals surface area contributed by atoms with Gasteiger partial charge in [-0.25, -0.2) is 13.2 Å². The topological polar surface area (TPSA) is 58.2 Å². The molecule has 0 radical (unpaired) electrons. The van der Waals surface area contributed by atoms with Crippen LogP contribution in [0.4, 0.5) is 13.2 Å². The van der Waals surface area contributed by atoms with Crippen molar-refractivity contribution in [1.29, 1.82) is 0 Å². The first-order valence-electron chi connectivity index (χ1n) is 6.74. The Balaban J connectivity index is 1.81. The lowest BCUT2D eigenvalue weighted by atomic mass is 10.2. The Morgan fingerprint density at radius 3 is 2.13 bits per heavy atom. The van der Waals surface area contributed by atoms with Crippen molar-refractivity contribution >= 4 is 11.8 Å². The molecule has 0 fully saturated rings. The summed E-state index contributed by atoms with van der Waals surface area (Å²) in [6, 6.07) is 7.78. The van der Waals surface area contributed by atoms with E-state index in [1.807, 2.05) is 0 Å². The minimum absolute atomic E-state index is 0.0384. The fourth-order valence-electron chi connectivity index (χ4n) is 1.85. The summed E-state index contributed by atoms with van der Waals surface area (Å²) in [6.45, 7) is 0.112. The van der Waals surface area contributed by atoms with Gasteiger partial charge in [0.25, 0.3) is 11.8 Å². The Bertz CT molecular complexity index is 735. The number of hydrogen-bond donors (Lipinski definition) is 2. The van der Waals surface area contributed by atoms with E-state index in [1.165, 1.54) is 18.2 Å². The average molecular weight is 322 g/mol. The highest BCUT2D eigenvalue weighted by Gasteiger charge is 2.12. The maximum atomic E-state index is 13.4. The Hall–Kier alpha value is -2.83. The summed E-state index contributed by atoms with van der Waals surface area (Å²) in [4.78, 5) is 23.4. The number of hydrogen-bond acceptors (Lipinski definition) is 2. The van der Waals surface area contributed by atoms with Crippen LogP contribution in [0.2, 0.25) is 0 Å². The molecule has 0 spiro atoms. The second-order valence-electron chi connectivity index (χ2n) is 4.65. The number of rotatable bonds is 5. The standard InChI is InChI=1S/C16H13F3N2O2/c17-11-3-1-2-10(8-11)15(22)20-6-7-21-16(23)13-5-4-12(18)9-14(13)19/h1-5,8-9H,6-7H2,(H,20,22)(H,21,23). The number of nitrogens with one attached hydrogen (secondary N) is 2. The van der Waals surface area contributed by atoms with E-state index in [1.54, 1.807) is 0 Å². The maximum absolute atomic E-state index is 13.4. The molecule has 2 aromatic rings. The van der Waals surface area contributed by atoms with Crippen molar-refractivity contribution in [2.24, 2.45) is 0 Å². The van der Waals surface area contributed by atoms with Crippen molar-refractivity contribution in [3.05, 3.63) is 71.0 Å². The number of benzene rings is 2. The van der Waals surface area contributed by atoms with Crippen LogP contribution < -0.4 is 10.6 Å². The average Bonchev–Trinajstić information content (AvgIpc) is 2.51. The Labute approximate surface area is 130 Å². The number of halogens is 3. The molecule has 0 bridgehead atoms. The van der Waals surface area contributed by atoms with Crippen molar-refractivity contribution in [2.75, 3.05) is 13.1 Å². The van der Waals surface area contributed by atoms with E-state index in [2.05, 4.69) is 10.6 Å². The minimum atomic E-state index is -0.966. The van der Waals surface area contributed by atoms with E-state index in [-0.39, 0.29) is 24.2 Å². The van der Waals surface area contributed by atoms with E-state index in [9.17, 15) is 22.8 Å². The van der Waals surface area contributed by atoms with Crippen LogP contribution in [-0.2, 0) is 0 Å². The molecule has 2 rings (SSSR count). The van der Waals surface area contributed by atoms with Gasteiger partial charge in [0.05, 0.1) is 5.56 Å². The zero-order valence-corrected chi connectivity index (χ0v) is 11.9. The fraction of sp³-hybridized carbons (Fsp3) is 0.125. The highest BCUT2D eigenvalue weighted by molar-refractivity contribution is 5.95. The second kappa shape index (κ2) is 7.44. The van der Waals surface area contributed by atoms with Gasteiger partial charge in [-0.1, -0.05) is 6.07 Å². The summed E-state index contributed by atoms with van der Waals surface area (Å²) < 4.78 is 39.1. The van der Waals surface area contributed by atoms with Crippen LogP contribution in [0.1, 0.15) is 20.7 Å². The fourth-order valence-corrected chi connectivity index (χ4v) is 1.85. The normalized spacial score (nSPS) is 10.2. The third-order valence-electron chi connectivity index (χ3n) is 2.96. The molecule has 2 N–H and O–H groups in total. The van der Waals surface area contributed by atoms with Gasteiger partial charge in [-0.3, -0.25) is 9.59 Å². The molecule has 120 valence electrons. The Morgan fingerprint density at radius 1 is 0.826 bits per heavy atom. The van der Waals surface area contributed by atoms with Crippen molar-refractivity contribution in [3.63, 3.8) is 0 Å². The van der Waals surface area contributed by atoms with Gasteiger partial charge in [0.1, 0.15) is 17.5 Å². The lowest BCUT2D eigenvalue weighted by molar-refractivity contribution is 0.0925. The molecule has 0 aromatic heterocycles. The van der Waals surface area contributed by atoms with E-state index < -0.39 is 29.3 Å². The van der Waals surface area contributed by atoms with Crippen LogP contribution in [0.3, 0.4) is 0 Å². The molecule has 4 nitrogen and oxygen atoms in total. The Morgan fingerprint density at radius 2 is 1.48 bits per heavy atom. The van der Waals surface area contributed by atoms with Crippen LogP contribution >= 0.6 is 0 Å². The molecule has 0 saturated carbocycles. The molecule has 0 atom stereocenters. The summed E-state index contributed by atoms with van der Waals surface area (Å²) >= 11 is 0. The van der Waals surface area contributed by atoms with E-state index >= 15 is 0 Å². The summed E-state index contributed by atoms with van der Waals surface area (Å²) in [7, 11) is 0. The molecular weight excluding hydrogens is 309 g/mol. The zero-order chi connectivity index (χ0) is 16.8. The first-order chi connectivity index (χ1) is 11.0. The molecule has 2 amide bonds. The van der Waals surface area contributed by atoms with E-state index in [0.29, 0.717) is 6.07 Å². The molecule has 7 heteroatoms. The molecule has 0 saturated heterocycles. The summed E-state index contributed by atoms with van der Waals surface area (Å²) in [5.74, 6) is -3.49. The quantitative estimate of drug-likeness (QED) is 0.830. The van der Waals surface area contributed by atoms with Crippen LogP contribution in [0.25, 0.3) is 0 Å². The highest BCUT2D eigenvalue weighted by Crippen LogP contribution is 2.09. The Kier molecular flexibility index (Phi) is 5.35. The van der Waals surface area contributed by atoms with Gasteiger partial charge in [-0.15, -0.1) is 0 Å². The monoisotopic (exact) mass is 322 g/mol. The van der Waals surface area contributed by atoms with Gasteiger partial charge in [0, 0.05) is 24.7 Å². The maximum Gasteiger partial charge on any atom is 0.254 e. The van der Waals surface area contributed by atoms with Crippen LogP contribution in [0.5, 0.6) is 0 Å². The van der Waals surface area contributed by atoms with E-state index in [0.717, 1.165) is 18.2 Å². The third-order valence-corrected chi connectivity index (χ3v) is 2.96. The van der Waals surface area contributed by atoms with Gasteiger partial charge in [0.15, 0.2) is 0 Å². The second-order valence-corrected chi connectivity index (χ2v) is 4.65. The molecule has 0 heterocycles. The SMILES string of the molecule is O=C(NCCNC(=O)c1ccc(F)cc1F)c1cccc(F)c1. The van der Waals surface area contributed by atoms with Crippen LogP contribution in [0.15, 0.2) is 42.5 Å². The van der Waals surface area contributed by atoms with E-state index in [4.69, 9.17) is 0 Å². The first kappa shape index (κ1) is 16.5. The molecule has 0 aliphatic rings. The number of carbonyl (C=O) groups excluding carboxylic acids is 2. The minimum Gasteiger partial charge on any atom is -0.350 e. The molecule has 0 aliphatic carbocycles. The highest BCUT2D eigenvalue weighted by atomic mass is 19.1. The van der Waals surface area contributed by atoms with Crippen LogP contribution in [0, 0.1) is 17.5 Å². The molecule has 0 aliphatic heterocycles. The molecule has 23 heavy (non-hydrogen) atoms.